The van der Waals surface area contributed by atoms with Gasteiger partial charge in [0, 0.05) is 16.8 Å². The van der Waals surface area contributed by atoms with Crippen molar-refractivity contribution in [3.05, 3.63) is 94.6 Å². The lowest BCUT2D eigenvalue weighted by atomic mass is 10.0. The summed E-state index contributed by atoms with van der Waals surface area (Å²) in [5, 5.41) is 16.5. The number of anilines is 1. The van der Waals surface area contributed by atoms with E-state index in [1.165, 1.54) is 0 Å². The number of fused-ring (bicyclic) bond motifs is 1. The molecule has 0 saturated carbocycles. The number of ether oxygens (including phenoxy) is 1. The number of para-hydroxylation sites is 1. The van der Waals surface area contributed by atoms with Gasteiger partial charge in [0.1, 0.15) is 23.9 Å². The normalized spacial score (nSPS) is 10.9. The topological polar surface area (TPSA) is 114 Å². The number of nitrogens with zero attached hydrogens (tertiary/aromatic N) is 3. The van der Waals surface area contributed by atoms with Crippen LogP contribution in [0.25, 0.3) is 22.4 Å². The average Bonchev–Trinajstić information content (AvgIpc) is 3.44. The molecule has 0 aliphatic carbocycles. The summed E-state index contributed by atoms with van der Waals surface area (Å²) in [6.45, 7) is 5.75. The lowest BCUT2D eigenvalue weighted by Gasteiger charge is -2.13. The van der Waals surface area contributed by atoms with Gasteiger partial charge in [-0.2, -0.15) is 5.26 Å². The number of nitriles is 1. The Bertz CT molecular complexity index is 1640. The molecule has 0 bridgehead atoms. The molecule has 2 aromatic carbocycles. The van der Waals surface area contributed by atoms with Crippen LogP contribution in [0, 0.1) is 32.1 Å². The van der Waals surface area contributed by atoms with Crippen LogP contribution >= 0.6 is 0 Å². The predicted molar refractivity (Wildman–Crippen MR) is 138 cm³/mol. The molecule has 0 unspecified atom stereocenters. The van der Waals surface area contributed by atoms with Crippen molar-refractivity contribution in [2.75, 3.05) is 5.32 Å². The molecule has 5 aromatic rings. The first-order valence-corrected chi connectivity index (χ1v) is 11.8. The number of rotatable bonds is 7. The number of furan rings is 1. The van der Waals surface area contributed by atoms with Gasteiger partial charge in [0.25, 0.3) is 11.6 Å². The largest absolute Gasteiger partial charge is 0.489 e. The van der Waals surface area contributed by atoms with Crippen molar-refractivity contribution < 1.29 is 18.5 Å². The van der Waals surface area contributed by atoms with E-state index < -0.39 is 0 Å². The van der Waals surface area contributed by atoms with Crippen LogP contribution in [-0.2, 0) is 13.0 Å². The predicted octanol–water partition coefficient (Wildman–Crippen LogP) is 6.31. The molecule has 0 aliphatic heterocycles. The number of nitrogens with one attached hydrogen (secondary N) is 1. The molecule has 0 fully saturated rings. The van der Waals surface area contributed by atoms with Gasteiger partial charge in [0.2, 0.25) is 0 Å². The lowest BCUT2D eigenvalue weighted by Crippen LogP contribution is -2.15. The highest BCUT2D eigenvalue weighted by molar-refractivity contribution is 6.13. The summed E-state index contributed by atoms with van der Waals surface area (Å²) < 4.78 is 17.0. The Morgan fingerprint density at radius 2 is 1.86 bits per heavy atom. The number of hydrogen-bond donors (Lipinski definition) is 1. The van der Waals surface area contributed by atoms with E-state index in [4.69, 9.17) is 18.9 Å². The summed E-state index contributed by atoms with van der Waals surface area (Å²) in [5.41, 5.74) is 4.99. The Balaban J connectivity index is 1.42. The second-order valence-corrected chi connectivity index (χ2v) is 8.71. The van der Waals surface area contributed by atoms with Crippen LogP contribution in [0.4, 0.5) is 5.69 Å². The van der Waals surface area contributed by atoms with Crippen LogP contribution in [0.1, 0.15) is 38.7 Å². The van der Waals surface area contributed by atoms with Gasteiger partial charge in [-0.05, 0) is 56.7 Å². The monoisotopic (exact) mass is 492 g/mol. The minimum Gasteiger partial charge on any atom is -0.489 e. The minimum absolute atomic E-state index is 0.255. The Morgan fingerprint density at radius 1 is 1.08 bits per heavy atom. The molecular weight excluding hydrogens is 468 g/mol. The standard InChI is InChI=1S/C29H24N4O4/c1-17-14-23(19(3)36-17)26-15-24(27-18(2)33-37-29(27)32-26)28(34)31-25-7-5-4-6-21(25)16-35-22-10-8-20(9-11-22)12-13-30/h4-11,14-15H,12,16H2,1-3H3,(H,31,34). The number of benzene rings is 2. The van der Waals surface area contributed by atoms with E-state index in [0.717, 1.165) is 22.5 Å². The summed E-state index contributed by atoms with van der Waals surface area (Å²) in [5.74, 6) is 1.82. The van der Waals surface area contributed by atoms with Gasteiger partial charge in [-0.1, -0.05) is 35.5 Å². The molecule has 3 aromatic heterocycles. The van der Waals surface area contributed by atoms with Crippen LogP contribution in [0.5, 0.6) is 5.75 Å². The fraction of sp³-hybridized carbons (Fsp3) is 0.172. The summed E-state index contributed by atoms with van der Waals surface area (Å²) in [6, 6.07) is 20.6. The molecule has 37 heavy (non-hydrogen) atoms. The summed E-state index contributed by atoms with van der Waals surface area (Å²) in [4.78, 5) is 18.2. The van der Waals surface area contributed by atoms with Crippen molar-refractivity contribution in [3.8, 4) is 23.1 Å². The van der Waals surface area contributed by atoms with Gasteiger partial charge in [0.05, 0.1) is 34.8 Å². The van der Waals surface area contributed by atoms with Crippen molar-refractivity contribution in [2.24, 2.45) is 0 Å². The maximum absolute atomic E-state index is 13.6. The molecule has 3 heterocycles. The first-order chi connectivity index (χ1) is 17.9. The summed E-state index contributed by atoms with van der Waals surface area (Å²) in [7, 11) is 0. The SMILES string of the molecule is Cc1cc(-c2cc(C(=O)Nc3ccccc3COc3ccc(CC#N)cc3)c3c(C)noc3n2)c(C)o1. The third kappa shape index (κ3) is 4.93. The molecule has 0 saturated heterocycles. The van der Waals surface area contributed by atoms with Crippen LogP contribution in [0.15, 0.2) is 69.6 Å². The molecule has 0 radical (unpaired) electrons. The smallest absolute Gasteiger partial charge is 0.259 e. The number of amides is 1. The Labute approximate surface area is 213 Å². The van der Waals surface area contributed by atoms with Gasteiger partial charge < -0.3 is 19.0 Å². The molecule has 8 heteroatoms. The highest BCUT2D eigenvalue weighted by Crippen LogP contribution is 2.31. The van der Waals surface area contributed by atoms with Crippen LogP contribution < -0.4 is 10.1 Å². The quantitative estimate of drug-likeness (QED) is 0.283. The average molecular weight is 493 g/mol. The highest BCUT2D eigenvalue weighted by atomic mass is 16.5. The number of hydrogen-bond acceptors (Lipinski definition) is 7. The molecule has 0 spiro atoms. The maximum atomic E-state index is 13.6. The zero-order valence-electron chi connectivity index (χ0n) is 20.7. The lowest BCUT2D eigenvalue weighted by molar-refractivity contribution is 0.102. The van der Waals surface area contributed by atoms with Gasteiger partial charge in [-0.15, -0.1) is 0 Å². The van der Waals surface area contributed by atoms with Crippen LogP contribution in [0.2, 0.25) is 0 Å². The van der Waals surface area contributed by atoms with E-state index in [-0.39, 0.29) is 18.2 Å². The number of carbonyl (C=O) groups excluding carboxylic acids is 1. The van der Waals surface area contributed by atoms with E-state index in [0.29, 0.717) is 46.0 Å². The van der Waals surface area contributed by atoms with Crippen LogP contribution in [-0.4, -0.2) is 16.0 Å². The Hall–Kier alpha value is -4.90. The minimum atomic E-state index is -0.314. The van der Waals surface area contributed by atoms with Gasteiger partial charge in [-0.25, -0.2) is 4.98 Å². The second-order valence-electron chi connectivity index (χ2n) is 8.71. The van der Waals surface area contributed by atoms with E-state index in [2.05, 4.69) is 21.5 Å². The van der Waals surface area contributed by atoms with Gasteiger partial charge in [0.15, 0.2) is 0 Å². The molecule has 0 aliphatic rings. The molecule has 0 atom stereocenters. The van der Waals surface area contributed by atoms with Crippen molar-refractivity contribution in [1.82, 2.24) is 10.1 Å². The van der Waals surface area contributed by atoms with Crippen molar-refractivity contribution in [2.45, 2.75) is 33.8 Å². The Morgan fingerprint density at radius 3 is 2.59 bits per heavy atom. The molecule has 1 amide bonds. The van der Waals surface area contributed by atoms with E-state index in [1.807, 2.05) is 68.4 Å². The second kappa shape index (κ2) is 9.99. The summed E-state index contributed by atoms with van der Waals surface area (Å²) >= 11 is 0. The number of aryl methyl sites for hydroxylation is 3. The molecular formula is C29H24N4O4. The number of pyridine rings is 1. The van der Waals surface area contributed by atoms with E-state index >= 15 is 0 Å². The van der Waals surface area contributed by atoms with Crippen molar-refractivity contribution in [3.63, 3.8) is 0 Å². The fourth-order valence-corrected chi connectivity index (χ4v) is 4.21. The zero-order chi connectivity index (χ0) is 25.9. The van der Waals surface area contributed by atoms with E-state index in [9.17, 15) is 4.79 Å². The van der Waals surface area contributed by atoms with Crippen molar-refractivity contribution in [1.29, 1.82) is 5.26 Å². The number of carbonyl (C=O) groups is 1. The first-order valence-electron chi connectivity index (χ1n) is 11.8. The van der Waals surface area contributed by atoms with Gasteiger partial charge >= 0.3 is 0 Å². The summed E-state index contributed by atoms with van der Waals surface area (Å²) in [6.07, 6.45) is 0.352. The van der Waals surface area contributed by atoms with Crippen LogP contribution in [0.3, 0.4) is 0 Å². The third-order valence-corrected chi connectivity index (χ3v) is 6.05. The van der Waals surface area contributed by atoms with Gasteiger partial charge in [-0.3, -0.25) is 4.79 Å². The number of aromatic nitrogens is 2. The Kier molecular flexibility index (Phi) is 6.43. The zero-order valence-corrected chi connectivity index (χ0v) is 20.7. The molecule has 1 N–H and O–H groups in total. The highest BCUT2D eigenvalue weighted by Gasteiger charge is 2.21. The molecule has 184 valence electrons. The third-order valence-electron chi connectivity index (χ3n) is 6.05. The maximum Gasteiger partial charge on any atom is 0.259 e. The first kappa shape index (κ1) is 23.8. The van der Waals surface area contributed by atoms with E-state index in [1.54, 1.807) is 13.0 Å². The molecule has 5 rings (SSSR count). The fourth-order valence-electron chi connectivity index (χ4n) is 4.21. The van der Waals surface area contributed by atoms with Crippen molar-refractivity contribution >= 4 is 22.7 Å². The molecule has 8 nitrogen and oxygen atoms in total.